The number of pyridine rings is 1. The summed E-state index contributed by atoms with van der Waals surface area (Å²) in [5, 5.41) is 11.5. The number of amidine groups is 1. The van der Waals surface area contributed by atoms with Crippen LogP contribution >= 0.6 is 0 Å². The van der Waals surface area contributed by atoms with Crippen molar-refractivity contribution in [1.82, 2.24) is 14.1 Å². The highest BCUT2D eigenvalue weighted by atomic mass is 15.1. The fourth-order valence-corrected chi connectivity index (χ4v) is 7.85. The number of allylic oxidation sites excluding steroid dienone is 1. The first kappa shape index (κ1) is 36.7. The fourth-order valence-electron chi connectivity index (χ4n) is 7.85. The summed E-state index contributed by atoms with van der Waals surface area (Å²) in [6, 6.07) is 65.8. The Morgan fingerprint density at radius 1 is 0.576 bits per heavy atom. The van der Waals surface area contributed by atoms with Crippen molar-refractivity contribution in [1.29, 1.82) is 5.41 Å². The molecular formula is C53H42N6. The van der Waals surface area contributed by atoms with Gasteiger partial charge in [0.1, 0.15) is 5.84 Å². The zero-order valence-corrected chi connectivity index (χ0v) is 32.7. The Hall–Kier alpha value is -7.96. The van der Waals surface area contributed by atoms with Crippen molar-refractivity contribution in [2.75, 3.05) is 4.90 Å². The van der Waals surface area contributed by atoms with Gasteiger partial charge in [-0.3, -0.25) is 10.4 Å². The number of hydrogen-bond acceptors (Lipinski definition) is 3. The standard InChI is InChI=1S/C50H36N6.C3H6/c51-50(52)36-18-25-43(26-19-36)55(42-23-16-35(17-24-42)46-13-7-8-29-53-46)41-21-14-34(15-22-41)37-20-27-47-44(31-37)45-33-48-38(28-30-54(48)39-9-3-1-4-10-39)32-49(45)56(47)40-11-5-2-6-12-40;1-3-2/h1-33H,(H3,51,52);3H,1H2,2H3. The summed E-state index contributed by atoms with van der Waals surface area (Å²) in [5.41, 5.74) is 19.5. The summed E-state index contributed by atoms with van der Waals surface area (Å²) < 4.78 is 4.65. The molecule has 0 bridgehead atoms. The Morgan fingerprint density at radius 2 is 1.14 bits per heavy atom. The Labute approximate surface area is 343 Å². The van der Waals surface area contributed by atoms with Crippen molar-refractivity contribution in [3.8, 4) is 33.8 Å². The Morgan fingerprint density at radius 3 is 1.75 bits per heavy atom. The normalized spacial score (nSPS) is 11.0. The number of fused-ring (bicyclic) bond motifs is 4. The van der Waals surface area contributed by atoms with Crippen molar-refractivity contribution >= 4 is 55.6 Å². The first-order valence-electron chi connectivity index (χ1n) is 19.6. The van der Waals surface area contributed by atoms with Crippen LogP contribution in [0.4, 0.5) is 17.1 Å². The summed E-state index contributed by atoms with van der Waals surface area (Å²) in [7, 11) is 0. The molecule has 0 spiro atoms. The Bertz CT molecular complexity index is 3060. The number of anilines is 3. The van der Waals surface area contributed by atoms with Crippen LogP contribution in [0.25, 0.3) is 66.5 Å². The molecule has 0 aliphatic rings. The molecule has 0 amide bonds. The predicted octanol–water partition coefficient (Wildman–Crippen LogP) is 13.4. The van der Waals surface area contributed by atoms with E-state index in [1.54, 1.807) is 6.08 Å². The van der Waals surface area contributed by atoms with Gasteiger partial charge in [0, 0.05) is 68.1 Å². The molecule has 10 rings (SSSR count). The van der Waals surface area contributed by atoms with Crippen molar-refractivity contribution in [2.24, 2.45) is 5.73 Å². The van der Waals surface area contributed by atoms with Crippen LogP contribution in [0.1, 0.15) is 12.5 Å². The van der Waals surface area contributed by atoms with Gasteiger partial charge in [-0.05, 0) is 133 Å². The average molecular weight is 763 g/mol. The summed E-state index contributed by atoms with van der Waals surface area (Å²) in [5.74, 6) is 0.0469. The van der Waals surface area contributed by atoms with Gasteiger partial charge in [-0.15, -0.1) is 6.58 Å². The van der Waals surface area contributed by atoms with Gasteiger partial charge in [0.05, 0.1) is 22.2 Å². The monoisotopic (exact) mass is 762 g/mol. The van der Waals surface area contributed by atoms with Gasteiger partial charge in [-0.2, -0.15) is 0 Å². The minimum atomic E-state index is 0.0469. The van der Waals surface area contributed by atoms with Crippen LogP contribution < -0.4 is 10.6 Å². The maximum Gasteiger partial charge on any atom is 0.122 e. The second-order valence-electron chi connectivity index (χ2n) is 14.4. The van der Waals surface area contributed by atoms with Gasteiger partial charge < -0.3 is 19.8 Å². The van der Waals surface area contributed by atoms with E-state index >= 15 is 0 Å². The Kier molecular flexibility index (Phi) is 9.87. The first-order valence-corrected chi connectivity index (χ1v) is 19.6. The molecule has 0 aliphatic heterocycles. The van der Waals surface area contributed by atoms with Crippen LogP contribution in [0, 0.1) is 5.41 Å². The summed E-state index contributed by atoms with van der Waals surface area (Å²) in [6.45, 7) is 5.25. The fraction of sp³-hybridized carbons (Fsp3) is 0.0189. The maximum atomic E-state index is 7.92. The van der Waals surface area contributed by atoms with E-state index in [1.165, 1.54) is 32.7 Å². The SMILES string of the molecule is C=CC.N=C(N)c1ccc(N(c2ccc(-c3ccc4c(c3)c3cc5c(ccn5-c5ccccc5)cc3n4-c3ccccc3)cc2)c2ccc(-c3ccccn3)cc2)cc1. The molecule has 6 nitrogen and oxygen atoms in total. The van der Waals surface area contributed by atoms with E-state index in [2.05, 4.69) is 177 Å². The molecule has 3 aromatic heterocycles. The van der Waals surface area contributed by atoms with Crippen LogP contribution in [-0.4, -0.2) is 20.0 Å². The van der Waals surface area contributed by atoms with Gasteiger partial charge >= 0.3 is 0 Å². The second-order valence-corrected chi connectivity index (χ2v) is 14.4. The van der Waals surface area contributed by atoms with Gasteiger partial charge in [0.25, 0.3) is 0 Å². The summed E-state index contributed by atoms with van der Waals surface area (Å²) in [6.07, 6.45) is 5.73. The highest BCUT2D eigenvalue weighted by molar-refractivity contribution is 6.14. The molecule has 0 radical (unpaired) electrons. The minimum Gasteiger partial charge on any atom is -0.384 e. The molecule has 0 atom stereocenters. The van der Waals surface area contributed by atoms with Gasteiger partial charge in [0.2, 0.25) is 0 Å². The smallest absolute Gasteiger partial charge is 0.122 e. The maximum absolute atomic E-state index is 7.92. The number of nitrogen functional groups attached to an aromatic ring is 1. The Balaban J connectivity index is 0.00000145. The third-order valence-corrected chi connectivity index (χ3v) is 10.6. The molecule has 3 N–H and O–H groups in total. The average Bonchev–Trinajstić information content (AvgIpc) is 3.85. The topological polar surface area (TPSA) is 75.9 Å². The van der Waals surface area contributed by atoms with E-state index in [1.807, 2.05) is 55.6 Å². The lowest BCUT2D eigenvalue weighted by Crippen LogP contribution is -2.13. The molecule has 0 saturated heterocycles. The molecule has 0 saturated carbocycles. The number of nitrogens with one attached hydrogen (secondary N) is 1. The van der Waals surface area contributed by atoms with Crippen molar-refractivity contribution in [3.63, 3.8) is 0 Å². The van der Waals surface area contributed by atoms with Crippen molar-refractivity contribution in [2.45, 2.75) is 6.92 Å². The number of rotatable bonds is 8. The zero-order chi connectivity index (χ0) is 40.3. The minimum absolute atomic E-state index is 0.0469. The predicted molar refractivity (Wildman–Crippen MR) is 248 cm³/mol. The van der Waals surface area contributed by atoms with Crippen LogP contribution in [0.3, 0.4) is 0 Å². The van der Waals surface area contributed by atoms with Crippen LogP contribution in [0.5, 0.6) is 0 Å². The first-order chi connectivity index (χ1) is 29.0. The molecule has 284 valence electrons. The van der Waals surface area contributed by atoms with Gasteiger partial charge in [0.15, 0.2) is 0 Å². The van der Waals surface area contributed by atoms with Crippen LogP contribution in [0.2, 0.25) is 0 Å². The highest BCUT2D eigenvalue weighted by Crippen LogP contribution is 2.40. The van der Waals surface area contributed by atoms with E-state index in [4.69, 9.17) is 11.1 Å². The second kappa shape index (κ2) is 15.9. The number of nitrogens with two attached hydrogens (primary N) is 1. The zero-order valence-electron chi connectivity index (χ0n) is 32.7. The summed E-state index contributed by atoms with van der Waals surface area (Å²) >= 11 is 0. The highest BCUT2D eigenvalue weighted by Gasteiger charge is 2.18. The molecule has 0 unspecified atom stereocenters. The van der Waals surface area contributed by atoms with Crippen molar-refractivity contribution < 1.29 is 0 Å². The number of nitrogens with zero attached hydrogens (tertiary/aromatic N) is 4. The molecule has 6 heteroatoms. The lowest BCUT2D eigenvalue weighted by atomic mass is 10.0. The van der Waals surface area contributed by atoms with E-state index in [-0.39, 0.29) is 5.84 Å². The molecule has 0 fully saturated rings. The van der Waals surface area contributed by atoms with E-state index in [9.17, 15) is 0 Å². The molecule has 59 heavy (non-hydrogen) atoms. The number of aromatic nitrogens is 3. The third-order valence-electron chi connectivity index (χ3n) is 10.6. The molecule has 10 aromatic rings. The number of benzene rings is 7. The molecule has 0 aliphatic carbocycles. The molecule has 7 aromatic carbocycles. The van der Waals surface area contributed by atoms with E-state index < -0.39 is 0 Å². The van der Waals surface area contributed by atoms with E-state index in [0.29, 0.717) is 5.56 Å². The quantitative estimate of drug-likeness (QED) is 0.0919. The van der Waals surface area contributed by atoms with Gasteiger partial charge in [-0.25, -0.2) is 0 Å². The summed E-state index contributed by atoms with van der Waals surface area (Å²) in [4.78, 5) is 6.76. The van der Waals surface area contributed by atoms with Crippen molar-refractivity contribution in [3.05, 3.63) is 219 Å². The van der Waals surface area contributed by atoms with Gasteiger partial charge in [-0.1, -0.05) is 78.9 Å². The third kappa shape index (κ3) is 7.04. The molecular weight excluding hydrogens is 721 g/mol. The largest absolute Gasteiger partial charge is 0.384 e. The molecule has 3 heterocycles. The van der Waals surface area contributed by atoms with E-state index in [0.717, 1.165) is 50.8 Å². The van der Waals surface area contributed by atoms with Crippen LogP contribution in [-0.2, 0) is 0 Å². The van der Waals surface area contributed by atoms with Crippen LogP contribution in [0.15, 0.2) is 213 Å². The lowest BCUT2D eigenvalue weighted by Gasteiger charge is -2.26. The number of para-hydroxylation sites is 2. The number of hydrogen-bond donors (Lipinski definition) is 2. The lowest BCUT2D eigenvalue weighted by molar-refractivity contribution is 1.13.